The van der Waals surface area contributed by atoms with Gasteiger partial charge >= 0.3 is 0 Å². The van der Waals surface area contributed by atoms with Gasteiger partial charge in [0.2, 0.25) is 11.8 Å². The van der Waals surface area contributed by atoms with Crippen LogP contribution in [0.2, 0.25) is 5.02 Å². The van der Waals surface area contributed by atoms with E-state index in [0.717, 1.165) is 5.56 Å². The van der Waals surface area contributed by atoms with Gasteiger partial charge in [0.1, 0.15) is 5.54 Å². The van der Waals surface area contributed by atoms with Crippen molar-refractivity contribution in [3.05, 3.63) is 34.9 Å². The third-order valence-electron chi connectivity index (χ3n) is 3.16. The van der Waals surface area contributed by atoms with E-state index in [2.05, 4.69) is 5.32 Å². The van der Waals surface area contributed by atoms with Crippen molar-refractivity contribution >= 4 is 23.4 Å². The summed E-state index contributed by atoms with van der Waals surface area (Å²) in [5.41, 5.74) is 0.0797. The predicted molar refractivity (Wildman–Crippen MR) is 69.1 cm³/mol. The third-order valence-corrected chi connectivity index (χ3v) is 3.40. The maximum atomic E-state index is 11.9. The van der Waals surface area contributed by atoms with Crippen LogP contribution in [0.4, 0.5) is 0 Å². The smallest absolute Gasteiger partial charge is 0.245 e. The summed E-state index contributed by atoms with van der Waals surface area (Å²) in [5.74, 6) is -0.219. The average molecular weight is 267 g/mol. The molecular formula is C13H15ClN2O2. The summed E-state index contributed by atoms with van der Waals surface area (Å²) < 4.78 is 0. The van der Waals surface area contributed by atoms with Gasteiger partial charge in [-0.15, -0.1) is 0 Å². The molecule has 0 aliphatic carbocycles. The molecule has 0 saturated carbocycles. The Kier molecular flexibility index (Phi) is 3.30. The number of rotatable bonds is 2. The third kappa shape index (κ3) is 2.34. The summed E-state index contributed by atoms with van der Waals surface area (Å²) >= 11 is 5.92. The molecule has 2 rings (SSSR count). The number of hydrogen-bond donors (Lipinski definition) is 1. The van der Waals surface area contributed by atoms with Gasteiger partial charge in [-0.3, -0.25) is 9.59 Å². The highest BCUT2D eigenvalue weighted by Crippen LogP contribution is 2.22. The molecule has 1 aromatic carbocycles. The van der Waals surface area contributed by atoms with Crippen LogP contribution in [-0.2, 0) is 16.1 Å². The fourth-order valence-electron chi connectivity index (χ4n) is 2.01. The average Bonchev–Trinajstić information content (AvgIpc) is 2.30. The van der Waals surface area contributed by atoms with Gasteiger partial charge in [0, 0.05) is 11.6 Å². The molecule has 1 saturated heterocycles. The largest absolute Gasteiger partial charge is 0.345 e. The zero-order valence-electron chi connectivity index (χ0n) is 10.4. The Balaban J connectivity index is 2.25. The topological polar surface area (TPSA) is 49.4 Å². The number of carbonyl (C=O) groups excluding carboxylic acids is 2. The quantitative estimate of drug-likeness (QED) is 0.884. The summed E-state index contributed by atoms with van der Waals surface area (Å²) in [6.45, 7) is 3.93. The fourth-order valence-corrected chi connectivity index (χ4v) is 2.22. The van der Waals surface area contributed by atoms with Gasteiger partial charge in [-0.25, -0.2) is 0 Å². The lowest BCUT2D eigenvalue weighted by Gasteiger charge is -2.41. The van der Waals surface area contributed by atoms with E-state index in [1.54, 1.807) is 30.9 Å². The minimum atomic E-state index is -0.836. The number of hydrogen-bond acceptors (Lipinski definition) is 2. The molecule has 4 nitrogen and oxygen atoms in total. The highest BCUT2D eigenvalue weighted by molar-refractivity contribution is 6.30. The molecule has 1 N–H and O–H groups in total. The van der Waals surface area contributed by atoms with Gasteiger partial charge in [-0.2, -0.15) is 0 Å². The molecule has 0 atom stereocenters. The van der Waals surface area contributed by atoms with E-state index >= 15 is 0 Å². The highest BCUT2D eigenvalue weighted by Gasteiger charge is 2.41. The number of piperazine rings is 1. The molecule has 0 aromatic heterocycles. The highest BCUT2D eigenvalue weighted by atomic mass is 35.5. The van der Waals surface area contributed by atoms with Gasteiger partial charge in [0.05, 0.1) is 6.54 Å². The molecule has 0 unspecified atom stereocenters. The van der Waals surface area contributed by atoms with E-state index in [1.165, 1.54) is 0 Å². The first-order valence-electron chi connectivity index (χ1n) is 5.74. The van der Waals surface area contributed by atoms with Gasteiger partial charge in [0.25, 0.3) is 0 Å². The number of carbonyl (C=O) groups is 2. The second kappa shape index (κ2) is 4.61. The summed E-state index contributed by atoms with van der Waals surface area (Å²) in [4.78, 5) is 25.3. The van der Waals surface area contributed by atoms with E-state index < -0.39 is 5.54 Å². The van der Waals surface area contributed by atoms with Crippen molar-refractivity contribution in [1.82, 2.24) is 10.2 Å². The van der Waals surface area contributed by atoms with Crippen LogP contribution in [0.5, 0.6) is 0 Å². The molecule has 18 heavy (non-hydrogen) atoms. The number of amides is 2. The molecule has 96 valence electrons. The van der Waals surface area contributed by atoms with Gasteiger partial charge in [-0.05, 0) is 31.5 Å². The summed E-state index contributed by atoms with van der Waals surface area (Å²) in [5, 5.41) is 3.22. The molecule has 0 radical (unpaired) electrons. The van der Waals surface area contributed by atoms with E-state index in [1.807, 2.05) is 12.1 Å². The maximum Gasteiger partial charge on any atom is 0.245 e. The van der Waals surface area contributed by atoms with Crippen LogP contribution in [0.1, 0.15) is 19.4 Å². The predicted octanol–water partition coefficient (Wildman–Crippen LogP) is 1.58. The van der Waals surface area contributed by atoms with Crippen LogP contribution in [0.3, 0.4) is 0 Å². The lowest BCUT2D eigenvalue weighted by atomic mass is 9.97. The van der Waals surface area contributed by atoms with E-state index in [4.69, 9.17) is 11.6 Å². The van der Waals surface area contributed by atoms with Gasteiger partial charge in [0.15, 0.2) is 0 Å². The molecule has 0 bridgehead atoms. The standard InChI is InChI=1S/C13H15ClN2O2/c1-13(2)12(18)15-7-11(17)16(13)8-9-4-3-5-10(14)6-9/h3-6H,7-8H2,1-2H3,(H,15,18). The Morgan fingerprint density at radius 1 is 1.39 bits per heavy atom. The lowest BCUT2D eigenvalue weighted by molar-refractivity contribution is -0.152. The normalized spacial score (nSPS) is 18.7. The molecule has 1 heterocycles. The van der Waals surface area contributed by atoms with Crippen LogP contribution >= 0.6 is 11.6 Å². The molecule has 0 spiro atoms. The first-order chi connectivity index (χ1) is 8.41. The SMILES string of the molecule is CC1(C)C(=O)NCC(=O)N1Cc1cccc(Cl)c1. The molecule has 5 heteroatoms. The summed E-state index contributed by atoms with van der Waals surface area (Å²) in [6, 6.07) is 7.30. The van der Waals surface area contributed by atoms with E-state index in [9.17, 15) is 9.59 Å². The second-order valence-electron chi connectivity index (χ2n) is 4.85. The van der Waals surface area contributed by atoms with Crippen LogP contribution in [0.25, 0.3) is 0 Å². The summed E-state index contributed by atoms with van der Waals surface area (Å²) in [6.07, 6.45) is 0. The van der Waals surface area contributed by atoms with Crippen molar-refractivity contribution in [2.75, 3.05) is 6.54 Å². The Labute approximate surface area is 111 Å². The molecule has 1 aromatic rings. The first kappa shape index (κ1) is 12.9. The Morgan fingerprint density at radius 2 is 2.11 bits per heavy atom. The minimum absolute atomic E-state index is 0.0584. The van der Waals surface area contributed by atoms with Crippen molar-refractivity contribution in [2.24, 2.45) is 0 Å². The molecular weight excluding hydrogens is 252 g/mol. The van der Waals surface area contributed by atoms with Crippen molar-refractivity contribution in [3.8, 4) is 0 Å². The number of nitrogens with zero attached hydrogens (tertiary/aromatic N) is 1. The zero-order chi connectivity index (χ0) is 13.3. The van der Waals surface area contributed by atoms with Crippen LogP contribution in [0, 0.1) is 0 Å². The van der Waals surface area contributed by atoms with Crippen molar-refractivity contribution in [2.45, 2.75) is 25.9 Å². The monoisotopic (exact) mass is 266 g/mol. The van der Waals surface area contributed by atoms with Crippen LogP contribution in [0.15, 0.2) is 24.3 Å². The fraction of sp³-hybridized carbons (Fsp3) is 0.385. The Bertz CT molecular complexity index is 500. The second-order valence-corrected chi connectivity index (χ2v) is 5.29. The molecule has 2 amide bonds. The molecule has 1 aliphatic rings. The lowest BCUT2D eigenvalue weighted by Crippen LogP contribution is -2.63. The Morgan fingerprint density at radius 3 is 2.78 bits per heavy atom. The van der Waals surface area contributed by atoms with Crippen molar-refractivity contribution in [1.29, 1.82) is 0 Å². The number of nitrogens with one attached hydrogen (secondary N) is 1. The molecule has 1 fully saturated rings. The van der Waals surface area contributed by atoms with Crippen LogP contribution in [-0.4, -0.2) is 28.8 Å². The summed E-state index contributed by atoms with van der Waals surface area (Å²) in [7, 11) is 0. The van der Waals surface area contributed by atoms with Crippen molar-refractivity contribution < 1.29 is 9.59 Å². The van der Waals surface area contributed by atoms with E-state index in [-0.39, 0.29) is 18.4 Å². The number of halogens is 1. The zero-order valence-corrected chi connectivity index (χ0v) is 11.1. The van der Waals surface area contributed by atoms with Crippen molar-refractivity contribution in [3.63, 3.8) is 0 Å². The van der Waals surface area contributed by atoms with Crippen LogP contribution < -0.4 is 5.32 Å². The van der Waals surface area contributed by atoms with E-state index in [0.29, 0.717) is 11.6 Å². The first-order valence-corrected chi connectivity index (χ1v) is 6.12. The van der Waals surface area contributed by atoms with Gasteiger partial charge < -0.3 is 10.2 Å². The Hall–Kier alpha value is -1.55. The molecule has 1 aliphatic heterocycles. The number of benzene rings is 1. The van der Waals surface area contributed by atoms with Gasteiger partial charge in [-0.1, -0.05) is 23.7 Å². The minimum Gasteiger partial charge on any atom is -0.345 e. The maximum absolute atomic E-state index is 11.9.